The molecule has 6 nitrogen and oxygen atoms in total. The Hall–Kier alpha value is -0.860. The summed E-state index contributed by atoms with van der Waals surface area (Å²) in [7, 11) is -3.74. The van der Waals surface area contributed by atoms with Gasteiger partial charge in [-0.05, 0) is 50.6 Å². The van der Waals surface area contributed by atoms with E-state index < -0.39 is 10.0 Å². The van der Waals surface area contributed by atoms with E-state index in [1.165, 1.54) is 16.4 Å². The lowest BCUT2D eigenvalue weighted by Gasteiger charge is -2.40. The molecule has 0 saturated carbocycles. The Bertz CT molecular complexity index is 809. The maximum absolute atomic E-state index is 13.0. The number of hydrogen-bond donors (Lipinski definition) is 0. The lowest BCUT2D eigenvalue weighted by Crippen LogP contribution is -2.56. The normalized spacial score (nSPS) is 22.4. The number of sulfonamides is 1. The average Bonchev–Trinajstić information content (AvgIpc) is 2.70. The first-order valence-electron chi connectivity index (χ1n) is 9.82. The molecule has 1 aromatic carbocycles. The number of nitrogens with zero attached hydrogens (tertiary/aromatic N) is 3. The van der Waals surface area contributed by atoms with Gasteiger partial charge in [-0.15, -0.1) is 0 Å². The van der Waals surface area contributed by atoms with Crippen LogP contribution in [0.3, 0.4) is 0 Å². The monoisotopic (exact) mass is 447 g/mol. The van der Waals surface area contributed by atoms with Crippen molar-refractivity contribution in [3.63, 3.8) is 0 Å². The van der Waals surface area contributed by atoms with E-state index in [1.54, 1.807) is 6.07 Å². The van der Waals surface area contributed by atoms with Crippen molar-refractivity contribution in [2.75, 3.05) is 39.3 Å². The fraction of sp³-hybridized carbons (Fsp3) is 0.632. The second-order valence-electron chi connectivity index (χ2n) is 7.35. The van der Waals surface area contributed by atoms with Crippen molar-refractivity contribution < 1.29 is 13.2 Å². The molecule has 0 radical (unpaired) electrons. The van der Waals surface area contributed by atoms with Gasteiger partial charge in [-0.3, -0.25) is 9.69 Å². The minimum absolute atomic E-state index is 0.0165. The summed E-state index contributed by atoms with van der Waals surface area (Å²) in [5.74, 6) is 0.131. The molecule has 1 aromatic rings. The van der Waals surface area contributed by atoms with Crippen LogP contribution in [-0.4, -0.2) is 73.7 Å². The van der Waals surface area contributed by atoms with Gasteiger partial charge in [0.05, 0.1) is 11.1 Å². The summed E-state index contributed by atoms with van der Waals surface area (Å²) in [5, 5.41) is 0.477. The highest BCUT2D eigenvalue weighted by molar-refractivity contribution is 7.89. The SMILES string of the molecule is CCCN1CCCCC1C(=O)N1CCN(S(=O)(=O)c2cc(Cl)ccc2Cl)CC1. The topological polar surface area (TPSA) is 60.9 Å². The molecule has 0 N–H and O–H groups in total. The van der Waals surface area contributed by atoms with Crippen LogP contribution >= 0.6 is 23.2 Å². The number of amides is 1. The molecule has 2 aliphatic heterocycles. The Morgan fingerprint density at radius 3 is 2.50 bits per heavy atom. The van der Waals surface area contributed by atoms with Crippen molar-refractivity contribution in [2.45, 2.75) is 43.5 Å². The minimum atomic E-state index is -3.74. The number of rotatable bonds is 5. The van der Waals surface area contributed by atoms with E-state index in [-0.39, 0.29) is 35.0 Å². The lowest BCUT2D eigenvalue weighted by atomic mass is 10.0. The molecular formula is C19H27Cl2N3O3S. The van der Waals surface area contributed by atoms with Crippen LogP contribution in [0.15, 0.2) is 23.1 Å². The van der Waals surface area contributed by atoms with Crippen LogP contribution < -0.4 is 0 Å². The van der Waals surface area contributed by atoms with Gasteiger partial charge in [-0.1, -0.05) is 36.5 Å². The number of piperazine rings is 1. The summed E-state index contributed by atoms with van der Waals surface area (Å²) >= 11 is 12.0. The summed E-state index contributed by atoms with van der Waals surface area (Å²) in [6.07, 6.45) is 4.11. The lowest BCUT2D eigenvalue weighted by molar-refractivity contribution is -0.139. The molecule has 1 unspecified atom stereocenters. The van der Waals surface area contributed by atoms with Gasteiger partial charge in [0.15, 0.2) is 0 Å². The number of hydrogen-bond acceptors (Lipinski definition) is 4. The van der Waals surface area contributed by atoms with Crippen molar-refractivity contribution in [1.82, 2.24) is 14.1 Å². The summed E-state index contributed by atoms with van der Waals surface area (Å²) in [6.45, 7) is 5.33. The second kappa shape index (κ2) is 9.30. The molecule has 1 amide bonds. The van der Waals surface area contributed by atoms with Gasteiger partial charge in [0.1, 0.15) is 4.90 Å². The van der Waals surface area contributed by atoms with Gasteiger partial charge in [-0.25, -0.2) is 8.42 Å². The van der Waals surface area contributed by atoms with Crippen molar-refractivity contribution in [3.05, 3.63) is 28.2 Å². The number of carbonyl (C=O) groups is 1. The zero-order valence-electron chi connectivity index (χ0n) is 16.1. The van der Waals surface area contributed by atoms with E-state index in [4.69, 9.17) is 23.2 Å². The Balaban J connectivity index is 1.66. The van der Waals surface area contributed by atoms with Gasteiger partial charge in [0.25, 0.3) is 0 Å². The van der Waals surface area contributed by atoms with Crippen LogP contribution in [0.2, 0.25) is 10.0 Å². The Kier molecular flexibility index (Phi) is 7.26. The van der Waals surface area contributed by atoms with E-state index >= 15 is 0 Å². The molecule has 0 aliphatic carbocycles. The van der Waals surface area contributed by atoms with Crippen LogP contribution in [0, 0.1) is 0 Å². The molecule has 0 bridgehead atoms. The highest BCUT2D eigenvalue weighted by atomic mass is 35.5. The van der Waals surface area contributed by atoms with Crippen LogP contribution in [0.1, 0.15) is 32.6 Å². The number of benzene rings is 1. The summed E-state index contributed by atoms with van der Waals surface area (Å²) in [5.41, 5.74) is 0. The van der Waals surface area contributed by atoms with Gasteiger partial charge in [-0.2, -0.15) is 4.31 Å². The fourth-order valence-corrected chi connectivity index (χ4v) is 6.16. The predicted octanol–water partition coefficient (Wildman–Crippen LogP) is 3.09. The molecule has 2 saturated heterocycles. The number of carbonyl (C=O) groups excluding carboxylic acids is 1. The third-order valence-electron chi connectivity index (χ3n) is 5.47. The van der Waals surface area contributed by atoms with Gasteiger partial charge in [0, 0.05) is 31.2 Å². The van der Waals surface area contributed by atoms with Crippen LogP contribution in [0.25, 0.3) is 0 Å². The van der Waals surface area contributed by atoms with E-state index in [1.807, 2.05) is 4.90 Å². The zero-order chi connectivity index (χ0) is 20.3. The molecule has 156 valence electrons. The largest absolute Gasteiger partial charge is 0.339 e. The number of likely N-dealkylation sites (tertiary alicyclic amines) is 1. The molecule has 28 heavy (non-hydrogen) atoms. The van der Waals surface area contributed by atoms with Crippen molar-refractivity contribution in [1.29, 1.82) is 0 Å². The smallest absolute Gasteiger partial charge is 0.244 e. The quantitative estimate of drug-likeness (QED) is 0.695. The molecule has 9 heteroatoms. The zero-order valence-corrected chi connectivity index (χ0v) is 18.4. The Morgan fingerprint density at radius 1 is 1.11 bits per heavy atom. The third-order valence-corrected chi connectivity index (χ3v) is 8.09. The van der Waals surface area contributed by atoms with Crippen molar-refractivity contribution in [3.8, 4) is 0 Å². The second-order valence-corrected chi connectivity index (χ2v) is 10.1. The molecule has 0 spiro atoms. The summed E-state index contributed by atoms with van der Waals surface area (Å²) in [4.78, 5) is 17.1. The summed E-state index contributed by atoms with van der Waals surface area (Å²) in [6, 6.07) is 4.36. The van der Waals surface area contributed by atoms with Crippen molar-refractivity contribution in [2.24, 2.45) is 0 Å². The summed E-state index contributed by atoms with van der Waals surface area (Å²) < 4.78 is 27.3. The third kappa shape index (κ3) is 4.65. The van der Waals surface area contributed by atoms with Crippen LogP contribution in [-0.2, 0) is 14.8 Å². The molecule has 2 heterocycles. The average molecular weight is 448 g/mol. The van der Waals surface area contributed by atoms with E-state index in [9.17, 15) is 13.2 Å². The van der Waals surface area contributed by atoms with E-state index in [2.05, 4.69) is 11.8 Å². The highest BCUT2D eigenvalue weighted by Crippen LogP contribution is 2.28. The first kappa shape index (κ1) is 21.8. The molecule has 0 aromatic heterocycles. The van der Waals surface area contributed by atoms with Crippen LogP contribution in [0.5, 0.6) is 0 Å². The molecule has 2 aliphatic rings. The maximum Gasteiger partial charge on any atom is 0.244 e. The highest BCUT2D eigenvalue weighted by Gasteiger charge is 2.36. The van der Waals surface area contributed by atoms with Crippen LogP contribution in [0.4, 0.5) is 0 Å². The Morgan fingerprint density at radius 2 is 1.82 bits per heavy atom. The van der Waals surface area contributed by atoms with E-state index in [0.29, 0.717) is 18.1 Å². The molecule has 3 rings (SSSR count). The Labute approximate surface area is 177 Å². The first-order chi connectivity index (χ1) is 13.3. The fourth-order valence-electron chi connectivity index (χ4n) is 4.00. The van der Waals surface area contributed by atoms with Gasteiger partial charge < -0.3 is 4.90 Å². The number of halogens is 2. The standard InChI is InChI=1S/C19H27Cl2N3O3S/c1-2-8-22-9-4-3-5-17(22)19(25)23-10-12-24(13-11-23)28(26,27)18-14-15(20)6-7-16(18)21/h6-7,14,17H,2-5,8-13H2,1H3. The van der Waals surface area contributed by atoms with Gasteiger partial charge >= 0.3 is 0 Å². The molecule has 1 atom stereocenters. The number of piperidine rings is 1. The predicted molar refractivity (Wildman–Crippen MR) is 111 cm³/mol. The first-order valence-corrected chi connectivity index (χ1v) is 12.0. The maximum atomic E-state index is 13.0. The van der Waals surface area contributed by atoms with Gasteiger partial charge in [0.2, 0.25) is 15.9 Å². The molecule has 2 fully saturated rings. The molecular weight excluding hydrogens is 421 g/mol. The van der Waals surface area contributed by atoms with E-state index in [0.717, 1.165) is 38.8 Å². The minimum Gasteiger partial charge on any atom is -0.339 e. The van der Waals surface area contributed by atoms with Crippen molar-refractivity contribution >= 4 is 39.1 Å².